The number of aldehydes is 1. The number of aromatic amines is 1. The van der Waals surface area contributed by atoms with Gasteiger partial charge in [-0.3, -0.25) is 9.89 Å². The minimum atomic E-state index is 0.600. The molecule has 0 radical (unpaired) electrons. The monoisotopic (exact) mass is 226 g/mol. The average Bonchev–Trinajstić information content (AvgIpc) is 2.71. The van der Waals surface area contributed by atoms with Crippen molar-refractivity contribution in [3.05, 3.63) is 27.7 Å². The fourth-order valence-corrected chi connectivity index (χ4v) is 2.26. The Balaban J connectivity index is 2.56. The number of carbonyl (C=O) groups is 1. The summed E-state index contributed by atoms with van der Waals surface area (Å²) in [6.45, 7) is 1.81. The number of hydrogen-bond donors (Lipinski definition) is 1. The van der Waals surface area contributed by atoms with Gasteiger partial charge in [-0.2, -0.15) is 5.10 Å². The first-order valence-corrected chi connectivity index (χ1v) is 5.17. The second-order valence-corrected chi connectivity index (χ2v) is 4.55. The molecular formula is C9H7ClN2OS. The molecule has 0 spiro atoms. The van der Waals surface area contributed by atoms with Crippen LogP contribution in [0.15, 0.2) is 12.1 Å². The summed E-state index contributed by atoms with van der Waals surface area (Å²) in [7, 11) is 0. The standard InChI is InChI=1S/C9H7ClN2OS/c1-5-6(4-13)9(12-11-5)7-2-3-8(10)14-7/h2-4H,1H3,(H,11,12). The van der Waals surface area contributed by atoms with Crippen LogP contribution in [-0.4, -0.2) is 16.5 Å². The molecule has 0 atom stereocenters. The van der Waals surface area contributed by atoms with Gasteiger partial charge in [0.05, 0.1) is 14.8 Å². The number of aromatic nitrogens is 2. The lowest BCUT2D eigenvalue weighted by molar-refractivity contribution is 0.112. The first-order valence-electron chi connectivity index (χ1n) is 3.98. The number of thiophene rings is 1. The van der Waals surface area contributed by atoms with Crippen LogP contribution in [0.2, 0.25) is 4.34 Å². The number of H-pyrrole nitrogens is 1. The van der Waals surface area contributed by atoms with Crippen LogP contribution in [0.1, 0.15) is 16.1 Å². The fourth-order valence-electron chi connectivity index (χ4n) is 1.21. The number of nitrogens with zero attached hydrogens (tertiary/aromatic N) is 1. The van der Waals surface area contributed by atoms with Crippen molar-refractivity contribution in [2.24, 2.45) is 0 Å². The van der Waals surface area contributed by atoms with E-state index in [9.17, 15) is 4.79 Å². The molecule has 2 rings (SSSR count). The molecule has 3 nitrogen and oxygen atoms in total. The molecular weight excluding hydrogens is 220 g/mol. The van der Waals surface area contributed by atoms with Gasteiger partial charge in [-0.05, 0) is 19.1 Å². The Bertz CT molecular complexity index is 475. The Kier molecular flexibility index (Phi) is 2.39. The van der Waals surface area contributed by atoms with Gasteiger partial charge in [0, 0.05) is 5.69 Å². The quantitative estimate of drug-likeness (QED) is 0.801. The van der Waals surface area contributed by atoms with E-state index in [2.05, 4.69) is 10.2 Å². The number of halogens is 1. The molecule has 14 heavy (non-hydrogen) atoms. The van der Waals surface area contributed by atoms with Gasteiger partial charge in [0.1, 0.15) is 5.69 Å². The molecule has 0 bridgehead atoms. The number of aryl methyl sites for hydroxylation is 1. The summed E-state index contributed by atoms with van der Waals surface area (Å²) in [6, 6.07) is 3.65. The Morgan fingerprint density at radius 1 is 1.57 bits per heavy atom. The average molecular weight is 227 g/mol. The van der Waals surface area contributed by atoms with Gasteiger partial charge in [-0.1, -0.05) is 11.6 Å². The van der Waals surface area contributed by atoms with Crippen molar-refractivity contribution >= 4 is 29.2 Å². The Hall–Kier alpha value is -1.13. The van der Waals surface area contributed by atoms with Crippen molar-refractivity contribution in [3.8, 4) is 10.6 Å². The minimum absolute atomic E-state index is 0.600. The van der Waals surface area contributed by atoms with E-state index in [1.54, 1.807) is 6.07 Å². The van der Waals surface area contributed by atoms with E-state index in [4.69, 9.17) is 11.6 Å². The van der Waals surface area contributed by atoms with Crippen molar-refractivity contribution < 1.29 is 4.79 Å². The third kappa shape index (κ3) is 1.47. The molecule has 0 unspecified atom stereocenters. The summed E-state index contributed by atoms with van der Waals surface area (Å²) >= 11 is 7.21. The van der Waals surface area contributed by atoms with Crippen molar-refractivity contribution in [3.63, 3.8) is 0 Å². The zero-order valence-corrected chi connectivity index (χ0v) is 8.95. The third-order valence-electron chi connectivity index (χ3n) is 1.92. The lowest BCUT2D eigenvalue weighted by Crippen LogP contribution is -1.82. The van der Waals surface area contributed by atoms with Gasteiger partial charge in [-0.25, -0.2) is 0 Å². The second kappa shape index (κ2) is 3.55. The summed E-state index contributed by atoms with van der Waals surface area (Å²) in [5, 5.41) is 6.84. The number of hydrogen-bond acceptors (Lipinski definition) is 3. The van der Waals surface area contributed by atoms with E-state index < -0.39 is 0 Å². The predicted octanol–water partition coefficient (Wildman–Crippen LogP) is 2.91. The molecule has 0 aromatic carbocycles. The van der Waals surface area contributed by atoms with Crippen molar-refractivity contribution in [1.82, 2.24) is 10.2 Å². The predicted molar refractivity (Wildman–Crippen MR) is 57.0 cm³/mol. The number of carbonyl (C=O) groups excluding carboxylic acids is 1. The molecule has 5 heteroatoms. The van der Waals surface area contributed by atoms with Gasteiger partial charge in [0.25, 0.3) is 0 Å². The summed E-state index contributed by atoms with van der Waals surface area (Å²) in [5.74, 6) is 0. The van der Waals surface area contributed by atoms with Crippen LogP contribution in [0.25, 0.3) is 10.6 Å². The van der Waals surface area contributed by atoms with E-state index in [-0.39, 0.29) is 0 Å². The minimum Gasteiger partial charge on any atom is -0.298 e. The number of rotatable bonds is 2. The van der Waals surface area contributed by atoms with Crippen LogP contribution in [0, 0.1) is 6.92 Å². The van der Waals surface area contributed by atoms with E-state index in [1.807, 2.05) is 13.0 Å². The third-order valence-corrected chi connectivity index (χ3v) is 3.16. The van der Waals surface area contributed by atoms with Crippen LogP contribution in [-0.2, 0) is 0 Å². The zero-order chi connectivity index (χ0) is 10.1. The molecule has 0 aliphatic heterocycles. The largest absolute Gasteiger partial charge is 0.298 e. The van der Waals surface area contributed by atoms with E-state index in [0.29, 0.717) is 15.6 Å². The molecule has 0 saturated carbocycles. The van der Waals surface area contributed by atoms with Crippen molar-refractivity contribution in [1.29, 1.82) is 0 Å². The summed E-state index contributed by atoms with van der Waals surface area (Å²) in [5.41, 5.74) is 2.05. The van der Waals surface area contributed by atoms with Crippen LogP contribution in [0.5, 0.6) is 0 Å². The second-order valence-electron chi connectivity index (χ2n) is 2.83. The first kappa shape index (κ1) is 9.43. The molecule has 0 amide bonds. The molecule has 72 valence electrons. The fraction of sp³-hybridized carbons (Fsp3) is 0.111. The highest BCUT2D eigenvalue weighted by molar-refractivity contribution is 7.19. The van der Waals surface area contributed by atoms with Crippen molar-refractivity contribution in [2.75, 3.05) is 0 Å². The molecule has 2 heterocycles. The maximum Gasteiger partial charge on any atom is 0.154 e. The van der Waals surface area contributed by atoms with Crippen LogP contribution in [0.4, 0.5) is 0 Å². The van der Waals surface area contributed by atoms with Crippen molar-refractivity contribution in [2.45, 2.75) is 6.92 Å². The molecule has 0 saturated heterocycles. The van der Waals surface area contributed by atoms with E-state index >= 15 is 0 Å². The van der Waals surface area contributed by atoms with Gasteiger partial charge in [-0.15, -0.1) is 11.3 Å². The van der Waals surface area contributed by atoms with Gasteiger partial charge < -0.3 is 0 Å². The summed E-state index contributed by atoms with van der Waals surface area (Å²) < 4.78 is 0.692. The smallest absolute Gasteiger partial charge is 0.154 e. The molecule has 2 aromatic rings. The maximum absolute atomic E-state index is 10.8. The Labute approximate surface area is 89.7 Å². The maximum atomic E-state index is 10.8. The molecule has 0 aliphatic carbocycles. The van der Waals surface area contributed by atoms with Crippen LogP contribution in [0.3, 0.4) is 0 Å². The van der Waals surface area contributed by atoms with E-state index in [0.717, 1.165) is 16.9 Å². The normalized spacial score (nSPS) is 10.4. The Morgan fingerprint density at radius 3 is 2.93 bits per heavy atom. The topological polar surface area (TPSA) is 45.8 Å². The summed E-state index contributed by atoms with van der Waals surface area (Å²) in [4.78, 5) is 11.7. The van der Waals surface area contributed by atoms with Gasteiger partial charge in [0.2, 0.25) is 0 Å². The van der Waals surface area contributed by atoms with Crippen LogP contribution >= 0.6 is 22.9 Å². The van der Waals surface area contributed by atoms with Gasteiger partial charge in [0.15, 0.2) is 6.29 Å². The van der Waals surface area contributed by atoms with Gasteiger partial charge >= 0.3 is 0 Å². The molecule has 0 fully saturated rings. The SMILES string of the molecule is Cc1[nH]nc(-c2ccc(Cl)s2)c1C=O. The highest BCUT2D eigenvalue weighted by Gasteiger charge is 2.12. The van der Waals surface area contributed by atoms with E-state index in [1.165, 1.54) is 11.3 Å². The molecule has 1 N–H and O–H groups in total. The molecule has 2 aromatic heterocycles. The highest BCUT2D eigenvalue weighted by Crippen LogP contribution is 2.31. The molecule has 0 aliphatic rings. The summed E-state index contributed by atoms with van der Waals surface area (Å²) in [6.07, 6.45) is 0.807. The lowest BCUT2D eigenvalue weighted by Gasteiger charge is -1.90. The number of nitrogens with one attached hydrogen (secondary N) is 1. The van der Waals surface area contributed by atoms with Crippen LogP contribution < -0.4 is 0 Å². The zero-order valence-electron chi connectivity index (χ0n) is 7.37. The highest BCUT2D eigenvalue weighted by atomic mass is 35.5. The lowest BCUT2D eigenvalue weighted by atomic mass is 10.2. The Morgan fingerprint density at radius 2 is 2.36 bits per heavy atom. The first-order chi connectivity index (χ1) is 6.72.